The van der Waals surface area contributed by atoms with Crippen molar-refractivity contribution in [1.29, 1.82) is 0 Å². The molecule has 0 spiro atoms. The second-order valence-electron chi connectivity index (χ2n) is 4.71. The Hall–Kier alpha value is -0.810. The molecule has 1 saturated heterocycles. The summed E-state index contributed by atoms with van der Waals surface area (Å²) < 4.78 is 0.560. The Balaban J connectivity index is 2.41. The molecule has 1 unspecified atom stereocenters. The van der Waals surface area contributed by atoms with Crippen LogP contribution in [0.3, 0.4) is 0 Å². The SMILES string of the molecule is CC1CCCN(c2cc(Cl)c(Br)cc2[N+](=O)[O-])C1. The van der Waals surface area contributed by atoms with E-state index in [1.807, 2.05) is 0 Å². The number of nitrogens with zero attached hydrogens (tertiary/aromatic N) is 2. The van der Waals surface area contributed by atoms with E-state index in [4.69, 9.17) is 11.6 Å². The Kier molecular flexibility index (Phi) is 4.12. The van der Waals surface area contributed by atoms with Crippen LogP contribution in [-0.4, -0.2) is 18.0 Å². The highest BCUT2D eigenvalue weighted by molar-refractivity contribution is 9.10. The summed E-state index contributed by atoms with van der Waals surface area (Å²) in [4.78, 5) is 12.8. The molecule has 18 heavy (non-hydrogen) atoms. The zero-order valence-electron chi connectivity index (χ0n) is 10.0. The van der Waals surface area contributed by atoms with Gasteiger partial charge in [-0.05, 0) is 40.8 Å². The summed E-state index contributed by atoms with van der Waals surface area (Å²) in [5.74, 6) is 0.556. The smallest absolute Gasteiger partial charge is 0.293 e. The molecule has 1 aromatic carbocycles. The van der Waals surface area contributed by atoms with Gasteiger partial charge in [-0.2, -0.15) is 0 Å². The predicted molar refractivity (Wildman–Crippen MR) is 76.4 cm³/mol. The molecule has 1 aliphatic rings. The van der Waals surface area contributed by atoms with Crippen molar-refractivity contribution in [3.63, 3.8) is 0 Å². The lowest BCUT2D eigenvalue weighted by Crippen LogP contribution is -2.34. The summed E-state index contributed by atoms with van der Waals surface area (Å²) >= 11 is 9.28. The maximum absolute atomic E-state index is 11.1. The summed E-state index contributed by atoms with van der Waals surface area (Å²) in [5, 5.41) is 11.6. The van der Waals surface area contributed by atoms with Crippen molar-refractivity contribution in [3.8, 4) is 0 Å². The fraction of sp³-hybridized carbons (Fsp3) is 0.500. The minimum absolute atomic E-state index is 0.111. The van der Waals surface area contributed by atoms with Crippen LogP contribution in [0.2, 0.25) is 5.02 Å². The first-order valence-corrected chi connectivity index (χ1v) is 7.04. The lowest BCUT2D eigenvalue weighted by atomic mass is 9.99. The van der Waals surface area contributed by atoms with Crippen molar-refractivity contribution in [2.45, 2.75) is 19.8 Å². The van der Waals surface area contributed by atoms with E-state index in [1.54, 1.807) is 6.07 Å². The molecule has 0 aliphatic carbocycles. The average molecular weight is 334 g/mol. The monoisotopic (exact) mass is 332 g/mol. The Labute approximate surface area is 119 Å². The van der Waals surface area contributed by atoms with Gasteiger partial charge in [0.25, 0.3) is 5.69 Å². The Bertz CT molecular complexity index is 481. The number of halogens is 2. The normalized spacial score (nSPS) is 19.9. The van der Waals surface area contributed by atoms with Crippen LogP contribution in [0.5, 0.6) is 0 Å². The van der Waals surface area contributed by atoms with Crippen molar-refractivity contribution in [2.75, 3.05) is 18.0 Å². The molecule has 0 saturated carbocycles. The van der Waals surface area contributed by atoms with Gasteiger partial charge < -0.3 is 4.90 Å². The van der Waals surface area contributed by atoms with Crippen molar-refractivity contribution in [1.82, 2.24) is 0 Å². The molecule has 0 aromatic heterocycles. The maximum atomic E-state index is 11.1. The lowest BCUT2D eigenvalue weighted by Gasteiger charge is -2.32. The predicted octanol–water partition coefficient (Wildman–Crippen LogP) is 4.25. The summed E-state index contributed by atoms with van der Waals surface area (Å²) in [7, 11) is 0. The molecule has 1 aliphatic heterocycles. The Morgan fingerprint density at radius 1 is 1.56 bits per heavy atom. The number of nitro groups is 1. The van der Waals surface area contributed by atoms with E-state index in [2.05, 4.69) is 27.8 Å². The highest BCUT2D eigenvalue weighted by Gasteiger charge is 2.25. The number of hydrogen-bond donors (Lipinski definition) is 0. The van der Waals surface area contributed by atoms with Gasteiger partial charge in [-0.15, -0.1) is 0 Å². The highest BCUT2D eigenvalue weighted by Crippen LogP contribution is 2.37. The fourth-order valence-electron chi connectivity index (χ4n) is 2.33. The van der Waals surface area contributed by atoms with E-state index in [0.717, 1.165) is 19.5 Å². The molecule has 0 amide bonds. The Morgan fingerprint density at radius 3 is 2.89 bits per heavy atom. The molecule has 2 rings (SSSR count). The van der Waals surface area contributed by atoms with Gasteiger partial charge >= 0.3 is 0 Å². The number of anilines is 1. The molecule has 1 atom stereocenters. The first kappa shape index (κ1) is 13.6. The summed E-state index contributed by atoms with van der Waals surface area (Å²) in [6.07, 6.45) is 2.24. The standard InChI is InChI=1S/C12H14BrClN2O2/c1-8-3-2-4-15(7-8)11-6-10(14)9(13)5-12(11)16(17)18/h5-6,8H,2-4,7H2,1H3. The van der Waals surface area contributed by atoms with Crippen LogP contribution < -0.4 is 4.90 Å². The van der Waals surface area contributed by atoms with Crippen LogP contribution in [0, 0.1) is 16.0 Å². The molecule has 0 radical (unpaired) electrons. The number of hydrogen-bond acceptors (Lipinski definition) is 3. The van der Waals surface area contributed by atoms with Crippen molar-refractivity contribution >= 4 is 38.9 Å². The van der Waals surface area contributed by atoms with Crippen molar-refractivity contribution < 1.29 is 4.92 Å². The maximum Gasteiger partial charge on any atom is 0.293 e. The van der Waals surface area contributed by atoms with Gasteiger partial charge in [0.05, 0.1) is 9.95 Å². The van der Waals surface area contributed by atoms with Crippen molar-refractivity contribution in [2.24, 2.45) is 5.92 Å². The molecule has 4 nitrogen and oxygen atoms in total. The minimum atomic E-state index is -0.351. The van der Waals surface area contributed by atoms with Crippen LogP contribution in [0.1, 0.15) is 19.8 Å². The van der Waals surface area contributed by atoms with Gasteiger partial charge in [-0.3, -0.25) is 10.1 Å². The minimum Gasteiger partial charge on any atom is -0.366 e. The van der Waals surface area contributed by atoms with Crippen LogP contribution in [0.25, 0.3) is 0 Å². The zero-order chi connectivity index (χ0) is 13.3. The van der Waals surface area contributed by atoms with E-state index in [0.29, 0.717) is 21.1 Å². The average Bonchev–Trinajstić information content (AvgIpc) is 2.31. The van der Waals surface area contributed by atoms with Gasteiger partial charge in [0.2, 0.25) is 0 Å². The first-order valence-electron chi connectivity index (χ1n) is 5.87. The molecule has 1 fully saturated rings. The van der Waals surface area contributed by atoms with Gasteiger partial charge in [0, 0.05) is 23.6 Å². The third kappa shape index (κ3) is 2.78. The largest absolute Gasteiger partial charge is 0.366 e. The summed E-state index contributed by atoms with van der Waals surface area (Å²) in [6, 6.07) is 3.17. The second-order valence-corrected chi connectivity index (χ2v) is 5.97. The molecule has 1 heterocycles. The number of benzene rings is 1. The highest BCUT2D eigenvalue weighted by atomic mass is 79.9. The van der Waals surface area contributed by atoms with E-state index in [-0.39, 0.29) is 10.6 Å². The Morgan fingerprint density at radius 2 is 2.28 bits per heavy atom. The van der Waals surface area contributed by atoms with E-state index in [9.17, 15) is 10.1 Å². The molecular formula is C12H14BrClN2O2. The molecule has 6 heteroatoms. The van der Waals surface area contributed by atoms with Crippen LogP contribution in [0.4, 0.5) is 11.4 Å². The second kappa shape index (κ2) is 5.45. The lowest BCUT2D eigenvalue weighted by molar-refractivity contribution is -0.384. The zero-order valence-corrected chi connectivity index (χ0v) is 12.4. The van der Waals surface area contributed by atoms with Crippen molar-refractivity contribution in [3.05, 3.63) is 31.7 Å². The summed E-state index contributed by atoms with van der Waals surface area (Å²) in [5.41, 5.74) is 0.736. The van der Waals surface area contributed by atoms with Crippen LogP contribution >= 0.6 is 27.5 Å². The molecule has 1 aromatic rings. The summed E-state index contributed by atoms with van der Waals surface area (Å²) in [6.45, 7) is 3.86. The fourth-order valence-corrected chi connectivity index (χ4v) is 2.82. The van der Waals surface area contributed by atoms with Gasteiger partial charge in [-0.1, -0.05) is 18.5 Å². The molecular weight excluding hydrogens is 320 g/mol. The molecule has 0 N–H and O–H groups in total. The topological polar surface area (TPSA) is 46.4 Å². The molecule has 98 valence electrons. The van der Waals surface area contributed by atoms with Gasteiger partial charge in [0.15, 0.2) is 0 Å². The van der Waals surface area contributed by atoms with Crippen LogP contribution in [-0.2, 0) is 0 Å². The molecule has 0 bridgehead atoms. The number of nitro benzene ring substituents is 1. The third-order valence-electron chi connectivity index (χ3n) is 3.21. The third-order valence-corrected chi connectivity index (χ3v) is 4.41. The van der Waals surface area contributed by atoms with Gasteiger partial charge in [0.1, 0.15) is 5.69 Å². The van der Waals surface area contributed by atoms with Gasteiger partial charge in [-0.25, -0.2) is 0 Å². The van der Waals surface area contributed by atoms with E-state index >= 15 is 0 Å². The van der Waals surface area contributed by atoms with Crippen LogP contribution in [0.15, 0.2) is 16.6 Å². The van der Waals surface area contributed by atoms with E-state index < -0.39 is 0 Å². The first-order chi connectivity index (χ1) is 8.49. The number of rotatable bonds is 2. The quantitative estimate of drug-likeness (QED) is 0.600. The number of piperidine rings is 1. The van der Waals surface area contributed by atoms with E-state index in [1.165, 1.54) is 12.5 Å².